The van der Waals surface area contributed by atoms with Crippen molar-refractivity contribution in [3.05, 3.63) is 24.6 Å². The highest BCUT2D eigenvalue weighted by Gasteiger charge is 2.15. The molecule has 1 N–H and O–H groups in total. The van der Waals surface area contributed by atoms with Crippen LogP contribution in [-0.2, 0) is 0 Å². The molecule has 9 heavy (non-hydrogen) atoms. The van der Waals surface area contributed by atoms with Gasteiger partial charge in [-0.25, -0.2) is 0 Å². The van der Waals surface area contributed by atoms with Crippen LogP contribution in [0.15, 0.2) is 29.5 Å². The van der Waals surface area contributed by atoms with Gasteiger partial charge in [0.2, 0.25) is 0 Å². The van der Waals surface area contributed by atoms with E-state index < -0.39 is 0 Å². The lowest BCUT2D eigenvalue weighted by Crippen LogP contribution is -2.25. The maximum atomic E-state index is 4.17. The number of fused-ring (bicyclic) bond motifs is 1. The monoisotopic (exact) mass is 120 g/mol. The van der Waals surface area contributed by atoms with Crippen molar-refractivity contribution in [2.45, 2.75) is 0 Å². The van der Waals surface area contributed by atoms with Crippen molar-refractivity contribution in [2.24, 2.45) is 10.9 Å². The van der Waals surface area contributed by atoms with E-state index in [-0.39, 0.29) is 0 Å². The zero-order valence-electron chi connectivity index (χ0n) is 5.04. The van der Waals surface area contributed by atoms with E-state index in [4.69, 9.17) is 0 Å². The summed E-state index contributed by atoms with van der Waals surface area (Å²) in [6.07, 6.45) is 7.96. The first-order valence-electron chi connectivity index (χ1n) is 3.11. The third-order valence-electron chi connectivity index (χ3n) is 1.63. The first kappa shape index (κ1) is 4.79. The highest BCUT2D eigenvalue weighted by atomic mass is 14.9. The minimum Gasteiger partial charge on any atom is -0.390 e. The average molecular weight is 120 g/mol. The molecule has 1 unspecified atom stereocenters. The fraction of sp³-hybridized carbons (Fsp3) is 0.286. The van der Waals surface area contributed by atoms with Crippen LogP contribution < -0.4 is 5.32 Å². The molecule has 2 heteroatoms. The molecule has 0 bridgehead atoms. The zero-order valence-corrected chi connectivity index (χ0v) is 5.04. The molecule has 0 aromatic heterocycles. The maximum Gasteiger partial charge on any atom is 0.0504 e. The van der Waals surface area contributed by atoms with E-state index in [2.05, 4.69) is 16.4 Å². The first-order valence-corrected chi connectivity index (χ1v) is 3.11. The van der Waals surface area contributed by atoms with Gasteiger partial charge in [0.05, 0.1) is 5.71 Å². The molecule has 0 saturated heterocycles. The van der Waals surface area contributed by atoms with Crippen LogP contribution in [0.3, 0.4) is 0 Å². The van der Waals surface area contributed by atoms with Crippen LogP contribution in [-0.4, -0.2) is 12.3 Å². The van der Waals surface area contributed by atoms with Crippen LogP contribution in [0.5, 0.6) is 0 Å². The van der Waals surface area contributed by atoms with Crippen LogP contribution in [0, 0.1) is 5.92 Å². The maximum absolute atomic E-state index is 4.17. The van der Waals surface area contributed by atoms with Crippen molar-refractivity contribution in [3.63, 3.8) is 0 Å². The Morgan fingerprint density at radius 2 is 2.67 bits per heavy atom. The summed E-state index contributed by atoms with van der Waals surface area (Å²) < 4.78 is 0. The number of allylic oxidation sites excluding steroid dienone is 1. The lowest BCUT2D eigenvalue weighted by atomic mass is 10.0. The topological polar surface area (TPSA) is 24.4 Å². The van der Waals surface area contributed by atoms with Gasteiger partial charge in [0.15, 0.2) is 0 Å². The number of rotatable bonds is 0. The van der Waals surface area contributed by atoms with Crippen molar-refractivity contribution in [3.8, 4) is 0 Å². The van der Waals surface area contributed by atoms with E-state index in [0.29, 0.717) is 5.92 Å². The molecule has 0 amide bonds. The van der Waals surface area contributed by atoms with Crippen LogP contribution >= 0.6 is 0 Å². The summed E-state index contributed by atoms with van der Waals surface area (Å²) in [7, 11) is 0. The normalized spacial score (nSPS) is 29.3. The molecule has 2 heterocycles. The molecule has 0 fully saturated rings. The molecule has 0 spiro atoms. The molecule has 0 saturated carbocycles. The largest absolute Gasteiger partial charge is 0.390 e. The van der Waals surface area contributed by atoms with Gasteiger partial charge in [0.1, 0.15) is 0 Å². The van der Waals surface area contributed by atoms with E-state index in [0.717, 1.165) is 6.54 Å². The minimum atomic E-state index is 0.537. The SMILES string of the molecule is C1=CC2CNC=CC2=N1. The number of nitrogens with zero attached hydrogens (tertiary/aromatic N) is 1. The second-order valence-corrected chi connectivity index (χ2v) is 2.24. The molecule has 2 aliphatic heterocycles. The smallest absolute Gasteiger partial charge is 0.0504 e. The molecule has 0 radical (unpaired) electrons. The van der Waals surface area contributed by atoms with Crippen molar-refractivity contribution < 1.29 is 0 Å². The number of nitrogens with one attached hydrogen (secondary N) is 1. The van der Waals surface area contributed by atoms with Crippen LogP contribution in [0.1, 0.15) is 0 Å². The highest BCUT2D eigenvalue weighted by molar-refractivity contribution is 6.00. The fourth-order valence-corrected chi connectivity index (χ4v) is 1.11. The standard InChI is InChI=1S/C7H8N2/c1-4-9-7-2-3-8-5-6(1)7/h1-4,6,8H,5H2. The van der Waals surface area contributed by atoms with Gasteiger partial charge in [-0.2, -0.15) is 0 Å². The van der Waals surface area contributed by atoms with E-state index in [1.54, 1.807) is 0 Å². The van der Waals surface area contributed by atoms with Crippen LogP contribution in [0.25, 0.3) is 0 Å². The van der Waals surface area contributed by atoms with Gasteiger partial charge in [0.25, 0.3) is 0 Å². The Balaban J connectivity index is 2.31. The third kappa shape index (κ3) is 0.669. The Morgan fingerprint density at radius 3 is 3.56 bits per heavy atom. The Hall–Kier alpha value is -1.05. The molecular weight excluding hydrogens is 112 g/mol. The predicted molar refractivity (Wildman–Crippen MR) is 37.2 cm³/mol. The summed E-state index contributed by atoms with van der Waals surface area (Å²) in [5.41, 5.74) is 1.19. The van der Waals surface area contributed by atoms with Gasteiger partial charge < -0.3 is 5.32 Å². The van der Waals surface area contributed by atoms with Crippen LogP contribution in [0.4, 0.5) is 0 Å². The molecule has 46 valence electrons. The van der Waals surface area contributed by atoms with E-state index in [9.17, 15) is 0 Å². The lowest BCUT2D eigenvalue weighted by molar-refractivity contribution is 0.755. The van der Waals surface area contributed by atoms with E-state index in [1.807, 2.05) is 18.5 Å². The summed E-state index contributed by atoms with van der Waals surface area (Å²) in [6, 6.07) is 0. The van der Waals surface area contributed by atoms with Gasteiger partial charge in [0, 0.05) is 18.7 Å². The molecular formula is C7H8N2. The second kappa shape index (κ2) is 1.72. The van der Waals surface area contributed by atoms with Gasteiger partial charge in [-0.3, -0.25) is 4.99 Å². The van der Waals surface area contributed by atoms with E-state index >= 15 is 0 Å². The molecule has 1 atom stereocenters. The van der Waals surface area contributed by atoms with Crippen molar-refractivity contribution in [2.75, 3.05) is 6.54 Å². The molecule has 2 nitrogen and oxygen atoms in total. The minimum absolute atomic E-state index is 0.537. The summed E-state index contributed by atoms with van der Waals surface area (Å²) in [5, 5.41) is 3.14. The first-order chi connectivity index (χ1) is 4.47. The van der Waals surface area contributed by atoms with E-state index in [1.165, 1.54) is 5.71 Å². The Bertz CT molecular complexity index is 201. The Kier molecular flexibility index (Phi) is 0.918. The number of hydrogen-bond acceptors (Lipinski definition) is 2. The highest BCUT2D eigenvalue weighted by Crippen LogP contribution is 2.12. The van der Waals surface area contributed by atoms with Gasteiger partial charge in [-0.1, -0.05) is 6.08 Å². The third-order valence-corrected chi connectivity index (χ3v) is 1.63. The fourth-order valence-electron chi connectivity index (χ4n) is 1.11. The van der Waals surface area contributed by atoms with Crippen LogP contribution in [0.2, 0.25) is 0 Å². The Labute approximate surface area is 54.0 Å². The summed E-state index contributed by atoms with van der Waals surface area (Å²) in [5.74, 6) is 0.537. The Morgan fingerprint density at radius 1 is 1.67 bits per heavy atom. The predicted octanol–water partition coefficient (Wildman–Crippen LogP) is 0.688. The molecule has 2 aliphatic rings. The van der Waals surface area contributed by atoms with Crippen molar-refractivity contribution in [1.82, 2.24) is 5.32 Å². The zero-order chi connectivity index (χ0) is 6.10. The average Bonchev–Trinajstić information content (AvgIpc) is 2.33. The number of hydrogen-bond donors (Lipinski definition) is 1. The molecule has 0 aromatic carbocycles. The van der Waals surface area contributed by atoms with Gasteiger partial charge in [-0.15, -0.1) is 0 Å². The van der Waals surface area contributed by atoms with Crippen molar-refractivity contribution >= 4 is 5.71 Å². The van der Waals surface area contributed by atoms with Crippen molar-refractivity contribution in [1.29, 1.82) is 0 Å². The lowest BCUT2D eigenvalue weighted by Gasteiger charge is -2.13. The van der Waals surface area contributed by atoms with Gasteiger partial charge in [-0.05, 0) is 12.3 Å². The quantitative estimate of drug-likeness (QED) is 0.499. The second-order valence-electron chi connectivity index (χ2n) is 2.24. The summed E-state index contributed by atoms with van der Waals surface area (Å²) >= 11 is 0. The molecule has 0 aliphatic carbocycles. The molecule has 2 rings (SSSR count). The number of aliphatic imine (C=N–C) groups is 1. The summed E-state index contributed by atoms with van der Waals surface area (Å²) in [4.78, 5) is 4.17. The molecule has 0 aromatic rings. The van der Waals surface area contributed by atoms with Gasteiger partial charge >= 0.3 is 0 Å². The summed E-state index contributed by atoms with van der Waals surface area (Å²) in [6.45, 7) is 1.01.